The summed E-state index contributed by atoms with van der Waals surface area (Å²) in [7, 11) is 8.34. The van der Waals surface area contributed by atoms with Crippen LogP contribution >= 0.6 is 0 Å². The molecule has 0 radical (unpaired) electrons. The summed E-state index contributed by atoms with van der Waals surface area (Å²) >= 11 is 0. The summed E-state index contributed by atoms with van der Waals surface area (Å²) in [5.41, 5.74) is 11.5. The third kappa shape index (κ3) is 3.91. The van der Waals surface area contributed by atoms with Crippen molar-refractivity contribution in [1.29, 1.82) is 0 Å². The standard InChI is InChI=1S/C36H28B4O/c37-32-31(33(38)35(40)36(41)34(32)39)30-26-16-8-6-14-24(26)29(25-15-7-9-17-27(25)30)28-19-22(20-10-2-1-3-11-20)18-21-12-4-5-13-23(21)28/h1-19,41H,37-40H2. The smallest absolute Gasteiger partial charge is 0.143 e. The van der Waals surface area contributed by atoms with Crippen LogP contribution in [-0.2, 0) is 0 Å². The van der Waals surface area contributed by atoms with Gasteiger partial charge in [0.05, 0.1) is 0 Å². The summed E-state index contributed by atoms with van der Waals surface area (Å²) in [4.78, 5) is 0. The average molecular weight is 520 g/mol. The minimum Gasteiger partial charge on any atom is -0.509 e. The fraction of sp³-hybridized carbons (Fsp3) is 0. The van der Waals surface area contributed by atoms with Crippen molar-refractivity contribution in [3.05, 3.63) is 115 Å². The van der Waals surface area contributed by atoms with Gasteiger partial charge in [0.15, 0.2) is 0 Å². The predicted molar refractivity (Wildman–Crippen MR) is 190 cm³/mol. The summed E-state index contributed by atoms with van der Waals surface area (Å²) in [6, 6.07) is 41.8. The van der Waals surface area contributed by atoms with Crippen LogP contribution in [0.25, 0.3) is 65.7 Å². The molecule has 0 bridgehead atoms. The highest BCUT2D eigenvalue weighted by Crippen LogP contribution is 2.45. The summed E-state index contributed by atoms with van der Waals surface area (Å²) in [5.74, 6) is 0.401. The van der Waals surface area contributed by atoms with Gasteiger partial charge in [-0.3, -0.25) is 0 Å². The lowest BCUT2D eigenvalue weighted by atomic mass is 9.64. The van der Waals surface area contributed by atoms with Crippen LogP contribution < -0.4 is 21.9 Å². The first-order valence-corrected chi connectivity index (χ1v) is 14.3. The molecule has 0 heterocycles. The maximum absolute atomic E-state index is 10.9. The van der Waals surface area contributed by atoms with Gasteiger partial charge in [-0.2, -0.15) is 0 Å². The van der Waals surface area contributed by atoms with Crippen molar-refractivity contribution >= 4 is 85.6 Å². The van der Waals surface area contributed by atoms with E-state index in [4.69, 9.17) is 0 Å². The van der Waals surface area contributed by atoms with Crippen molar-refractivity contribution in [3.63, 3.8) is 0 Å². The zero-order chi connectivity index (χ0) is 28.2. The van der Waals surface area contributed by atoms with Crippen LogP contribution in [0.2, 0.25) is 0 Å². The lowest BCUT2D eigenvalue weighted by Gasteiger charge is -2.24. The number of hydrogen-bond acceptors (Lipinski definition) is 1. The number of phenolic OH excluding ortho intramolecular Hbond substituents is 1. The number of hydrogen-bond donors (Lipinski definition) is 1. The van der Waals surface area contributed by atoms with Gasteiger partial charge in [0.2, 0.25) is 0 Å². The Hall–Kier alpha value is -4.62. The van der Waals surface area contributed by atoms with E-state index in [1.54, 1.807) is 0 Å². The Morgan fingerprint density at radius 1 is 0.390 bits per heavy atom. The Labute approximate surface area is 244 Å². The van der Waals surface area contributed by atoms with Crippen molar-refractivity contribution < 1.29 is 5.11 Å². The van der Waals surface area contributed by atoms with E-state index in [0.29, 0.717) is 5.75 Å². The first kappa shape index (κ1) is 25.4. The van der Waals surface area contributed by atoms with Gasteiger partial charge in [-0.1, -0.05) is 125 Å². The van der Waals surface area contributed by atoms with Crippen LogP contribution in [0.4, 0.5) is 0 Å². The third-order valence-corrected chi connectivity index (χ3v) is 9.01. The Bertz CT molecular complexity index is 2070. The van der Waals surface area contributed by atoms with Crippen molar-refractivity contribution in [3.8, 4) is 39.1 Å². The fourth-order valence-electron chi connectivity index (χ4n) is 6.67. The molecule has 190 valence electrons. The largest absolute Gasteiger partial charge is 0.509 e. The highest BCUT2D eigenvalue weighted by Gasteiger charge is 2.22. The molecule has 0 fully saturated rings. The van der Waals surface area contributed by atoms with E-state index >= 15 is 0 Å². The van der Waals surface area contributed by atoms with Crippen LogP contribution in [-0.4, -0.2) is 36.5 Å². The van der Waals surface area contributed by atoms with Crippen molar-refractivity contribution in [1.82, 2.24) is 0 Å². The SMILES string of the molecule is Bc1c(B)c(-c2c3ccccc3c(-c3cc(-c4ccccc4)cc4ccccc34)c3ccccc23)c(B)c(B)c1O. The highest BCUT2D eigenvalue weighted by atomic mass is 16.3. The number of benzene rings is 7. The van der Waals surface area contributed by atoms with E-state index < -0.39 is 0 Å². The summed E-state index contributed by atoms with van der Waals surface area (Å²) in [6.07, 6.45) is 0. The van der Waals surface area contributed by atoms with Crippen LogP contribution in [0, 0.1) is 0 Å². The van der Waals surface area contributed by atoms with Gasteiger partial charge in [-0.15, -0.1) is 0 Å². The second-order valence-corrected chi connectivity index (χ2v) is 11.2. The molecule has 0 atom stereocenters. The predicted octanol–water partition coefficient (Wildman–Crippen LogP) is 2.89. The average Bonchev–Trinajstić information content (AvgIpc) is 3.02. The van der Waals surface area contributed by atoms with Gasteiger partial charge >= 0.3 is 0 Å². The Morgan fingerprint density at radius 3 is 1.41 bits per heavy atom. The van der Waals surface area contributed by atoms with E-state index in [9.17, 15) is 5.11 Å². The monoisotopic (exact) mass is 520 g/mol. The molecule has 41 heavy (non-hydrogen) atoms. The molecule has 7 aromatic rings. The van der Waals surface area contributed by atoms with Gasteiger partial charge in [0, 0.05) is 0 Å². The molecular formula is C36H28B4O. The van der Waals surface area contributed by atoms with Crippen LogP contribution in [0.15, 0.2) is 115 Å². The first-order valence-electron chi connectivity index (χ1n) is 14.3. The lowest BCUT2D eigenvalue weighted by molar-refractivity contribution is 0.484. The topological polar surface area (TPSA) is 20.2 Å². The molecular weight excluding hydrogens is 492 g/mol. The normalized spacial score (nSPS) is 11.4. The van der Waals surface area contributed by atoms with Gasteiger partial charge in [0.25, 0.3) is 0 Å². The maximum Gasteiger partial charge on any atom is 0.143 e. The van der Waals surface area contributed by atoms with Crippen molar-refractivity contribution in [2.75, 3.05) is 0 Å². The van der Waals surface area contributed by atoms with Crippen LogP contribution in [0.5, 0.6) is 5.75 Å². The molecule has 0 aliphatic carbocycles. The number of aromatic hydroxyl groups is 1. The van der Waals surface area contributed by atoms with E-state index in [1.165, 1.54) is 65.7 Å². The summed E-state index contributed by atoms with van der Waals surface area (Å²) in [5, 5.41) is 18.3. The van der Waals surface area contributed by atoms with E-state index in [0.717, 1.165) is 21.9 Å². The first-order chi connectivity index (χ1) is 20.0. The van der Waals surface area contributed by atoms with Crippen LogP contribution in [0.1, 0.15) is 0 Å². The molecule has 0 spiro atoms. The van der Waals surface area contributed by atoms with Crippen molar-refractivity contribution in [2.45, 2.75) is 0 Å². The molecule has 7 aromatic carbocycles. The maximum atomic E-state index is 10.9. The molecule has 0 saturated carbocycles. The van der Waals surface area contributed by atoms with Crippen molar-refractivity contribution in [2.24, 2.45) is 0 Å². The quantitative estimate of drug-likeness (QED) is 0.281. The molecule has 0 aromatic heterocycles. The fourth-order valence-corrected chi connectivity index (χ4v) is 6.67. The Morgan fingerprint density at radius 2 is 0.854 bits per heavy atom. The second kappa shape index (κ2) is 9.78. The molecule has 1 nitrogen and oxygen atoms in total. The summed E-state index contributed by atoms with van der Waals surface area (Å²) < 4.78 is 0. The summed E-state index contributed by atoms with van der Waals surface area (Å²) in [6.45, 7) is 0. The molecule has 0 unspecified atom stereocenters. The number of rotatable bonds is 3. The number of fused-ring (bicyclic) bond motifs is 3. The van der Waals surface area contributed by atoms with Gasteiger partial charge in [-0.25, -0.2) is 0 Å². The molecule has 0 aliphatic heterocycles. The van der Waals surface area contributed by atoms with Crippen LogP contribution in [0.3, 0.4) is 0 Å². The molecule has 1 N–H and O–H groups in total. The molecule has 5 heteroatoms. The molecule has 0 aliphatic rings. The zero-order valence-corrected chi connectivity index (χ0v) is 23.9. The Balaban J connectivity index is 1.68. The minimum absolute atomic E-state index is 0.401. The molecule has 7 rings (SSSR count). The molecule has 0 saturated heterocycles. The second-order valence-electron chi connectivity index (χ2n) is 11.2. The Kier molecular flexibility index (Phi) is 6.05. The molecule has 0 amide bonds. The minimum atomic E-state index is 0.401. The van der Waals surface area contributed by atoms with Gasteiger partial charge in [-0.05, 0) is 77.8 Å². The van der Waals surface area contributed by atoms with Gasteiger partial charge in [0.1, 0.15) is 37.1 Å². The van der Waals surface area contributed by atoms with Gasteiger partial charge < -0.3 is 5.11 Å². The number of phenols is 1. The highest BCUT2D eigenvalue weighted by molar-refractivity contribution is 6.61. The van der Waals surface area contributed by atoms with E-state index in [2.05, 4.69) is 131 Å². The third-order valence-electron chi connectivity index (χ3n) is 9.01. The zero-order valence-electron chi connectivity index (χ0n) is 23.9. The van der Waals surface area contributed by atoms with E-state index in [1.807, 2.05) is 15.7 Å². The van der Waals surface area contributed by atoms with E-state index in [-0.39, 0.29) is 0 Å². The lowest BCUT2D eigenvalue weighted by Crippen LogP contribution is -2.42.